The van der Waals surface area contributed by atoms with Crippen molar-refractivity contribution >= 4 is 28.9 Å². The molecule has 17 heavy (non-hydrogen) atoms. The molecule has 0 N–H and O–H groups in total. The van der Waals surface area contributed by atoms with Crippen LogP contribution < -0.4 is 4.48 Å². The molecule has 0 unspecified atom stereocenters. The summed E-state index contributed by atoms with van der Waals surface area (Å²) in [6.07, 6.45) is 0. The van der Waals surface area contributed by atoms with Crippen LogP contribution in [0.3, 0.4) is 0 Å². The normalized spacial score (nSPS) is 12.2. The van der Waals surface area contributed by atoms with E-state index in [-0.39, 0.29) is 0 Å². The van der Waals surface area contributed by atoms with Crippen molar-refractivity contribution < 1.29 is 0 Å². The quantitative estimate of drug-likeness (QED) is 0.583. The van der Waals surface area contributed by atoms with Crippen molar-refractivity contribution in [2.24, 2.45) is 0 Å². The second-order valence-corrected chi connectivity index (χ2v) is 5.38. The first-order valence-corrected chi connectivity index (χ1v) is 6.68. The lowest BCUT2D eigenvalue weighted by Crippen LogP contribution is -2.54. The molecular formula is C13H21Cl2N2+. The van der Waals surface area contributed by atoms with Gasteiger partial charge in [0, 0.05) is 0 Å². The number of hydrogen-bond donors (Lipinski definition) is 0. The third kappa shape index (κ3) is 3.14. The lowest BCUT2D eigenvalue weighted by Gasteiger charge is -2.39. The summed E-state index contributed by atoms with van der Waals surface area (Å²) in [4.78, 5) is 2.17. The number of quaternary nitrogens is 1. The smallest absolute Gasteiger partial charge is 0.171 e. The predicted octanol–water partition coefficient (Wildman–Crippen LogP) is 3.86. The molecule has 0 aliphatic rings. The lowest BCUT2D eigenvalue weighted by atomic mass is 10.2. The Labute approximate surface area is 114 Å². The van der Waals surface area contributed by atoms with Gasteiger partial charge in [0.25, 0.3) is 0 Å². The number of nitrogens with zero attached hydrogens (tertiary/aromatic N) is 2. The molecule has 0 saturated carbocycles. The Morgan fingerprint density at radius 2 is 1.53 bits per heavy atom. The molecule has 0 atom stereocenters. The molecule has 0 radical (unpaired) electrons. The van der Waals surface area contributed by atoms with E-state index >= 15 is 0 Å². The van der Waals surface area contributed by atoms with Crippen LogP contribution in [0.1, 0.15) is 13.8 Å². The van der Waals surface area contributed by atoms with Crippen LogP contribution in [0.2, 0.25) is 10.0 Å². The number of hydrogen-bond acceptors (Lipinski definition) is 1. The highest BCUT2D eigenvalue weighted by molar-refractivity contribution is 6.38. The van der Waals surface area contributed by atoms with E-state index in [4.69, 9.17) is 23.2 Å². The Balaban J connectivity index is 3.31. The zero-order valence-corrected chi connectivity index (χ0v) is 12.5. The summed E-state index contributed by atoms with van der Waals surface area (Å²) < 4.78 is 0.783. The minimum Gasteiger partial charge on any atom is -0.277 e. The molecule has 0 aliphatic heterocycles. The van der Waals surface area contributed by atoms with Gasteiger partial charge in [-0.3, -0.25) is 9.38 Å². The average molecular weight is 276 g/mol. The molecule has 96 valence electrons. The Kier molecular flexibility index (Phi) is 5.26. The maximum absolute atomic E-state index is 6.34. The molecule has 1 rings (SSSR count). The van der Waals surface area contributed by atoms with Crippen LogP contribution in [0.15, 0.2) is 18.2 Å². The van der Waals surface area contributed by atoms with E-state index in [1.807, 2.05) is 18.2 Å². The SMILES string of the molecule is CC[N+](CC)(CN(C)C)c1c(Cl)cccc1Cl. The van der Waals surface area contributed by atoms with Crippen LogP contribution in [0.5, 0.6) is 0 Å². The summed E-state index contributed by atoms with van der Waals surface area (Å²) in [7, 11) is 4.14. The fraction of sp³-hybridized carbons (Fsp3) is 0.538. The topological polar surface area (TPSA) is 3.24 Å². The molecule has 0 spiro atoms. The van der Waals surface area contributed by atoms with Crippen molar-refractivity contribution in [3.8, 4) is 0 Å². The first kappa shape index (κ1) is 14.8. The van der Waals surface area contributed by atoms with Gasteiger partial charge in [0.1, 0.15) is 16.7 Å². The fourth-order valence-corrected chi connectivity index (χ4v) is 3.05. The number of benzene rings is 1. The van der Waals surface area contributed by atoms with Gasteiger partial charge in [-0.2, -0.15) is 0 Å². The summed E-state index contributed by atoms with van der Waals surface area (Å²) in [6, 6.07) is 5.72. The summed E-state index contributed by atoms with van der Waals surface area (Å²) in [6.45, 7) is 7.19. The Morgan fingerprint density at radius 3 is 1.88 bits per heavy atom. The molecule has 0 aliphatic carbocycles. The largest absolute Gasteiger partial charge is 0.277 e. The van der Waals surface area contributed by atoms with E-state index in [0.717, 1.165) is 40.0 Å². The third-order valence-corrected chi connectivity index (χ3v) is 3.79. The molecule has 2 nitrogen and oxygen atoms in total. The van der Waals surface area contributed by atoms with Gasteiger partial charge in [0.15, 0.2) is 5.69 Å². The highest BCUT2D eigenvalue weighted by Gasteiger charge is 2.32. The van der Waals surface area contributed by atoms with Gasteiger partial charge in [-0.1, -0.05) is 29.3 Å². The standard InChI is InChI=1S/C13H21Cl2N2/c1-5-17(6-2,10-16(3)4)13-11(14)8-7-9-12(13)15/h7-9H,5-6,10H2,1-4H3/q+1. The molecular weight excluding hydrogens is 255 g/mol. The zero-order valence-electron chi connectivity index (χ0n) is 11.0. The van der Waals surface area contributed by atoms with E-state index in [0.29, 0.717) is 0 Å². The van der Waals surface area contributed by atoms with Gasteiger partial charge in [0.2, 0.25) is 0 Å². The second-order valence-electron chi connectivity index (χ2n) is 4.57. The van der Waals surface area contributed by atoms with E-state index in [9.17, 15) is 0 Å². The maximum Gasteiger partial charge on any atom is 0.171 e. The van der Waals surface area contributed by atoms with E-state index in [2.05, 4.69) is 32.8 Å². The molecule has 0 saturated heterocycles. The van der Waals surface area contributed by atoms with Crippen LogP contribution in [0.4, 0.5) is 5.69 Å². The van der Waals surface area contributed by atoms with Crippen molar-refractivity contribution in [1.82, 2.24) is 9.38 Å². The summed E-state index contributed by atoms with van der Waals surface area (Å²) in [5.41, 5.74) is 1.04. The van der Waals surface area contributed by atoms with Crippen molar-refractivity contribution in [3.05, 3.63) is 28.2 Å². The monoisotopic (exact) mass is 275 g/mol. The number of para-hydroxylation sites is 1. The molecule has 0 amide bonds. The predicted molar refractivity (Wildman–Crippen MR) is 77.9 cm³/mol. The minimum absolute atomic E-state index is 0.753. The van der Waals surface area contributed by atoms with Gasteiger partial charge in [-0.25, -0.2) is 0 Å². The summed E-state index contributed by atoms with van der Waals surface area (Å²) in [5, 5.41) is 1.51. The number of halogens is 2. The average Bonchev–Trinajstić information content (AvgIpc) is 2.26. The summed E-state index contributed by atoms with van der Waals surface area (Å²) >= 11 is 12.7. The van der Waals surface area contributed by atoms with Gasteiger partial charge < -0.3 is 0 Å². The molecule has 1 aromatic rings. The van der Waals surface area contributed by atoms with Crippen LogP contribution in [-0.4, -0.2) is 38.8 Å². The Morgan fingerprint density at radius 1 is 1.06 bits per heavy atom. The number of rotatable bonds is 5. The molecule has 0 fully saturated rings. The van der Waals surface area contributed by atoms with Crippen molar-refractivity contribution in [2.45, 2.75) is 13.8 Å². The first-order valence-electron chi connectivity index (χ1n) is 5.92. The van der Waals surface area contributed by atoms with E-state index in [1.165, 1.54) is 0 Å². The van der Waals surface area contributed by atoms with Gasteiger partial charge in [0.05, 0.1) is 13.1 Å². The summed E-state index contributed by atoms with van der Waals surface area (Å²) in [5.74, 6) is 0. The first-order chi connectivity index (χ1) is 7.96. The molecule has 0 aromatic heterocycles. The van der Waals surface area contributed by atoms with Crippen molar-refractivity contribution in [1.29, 1.82) is 0 Å². The fourth-order valence-electron chi connectivity index (χ4n) is 2.29. The highest BCUT2D eigenvalue weighted by atomic mass is 35.5. The van der Waals surface area contributed by atoms with Crippen LogP contribution in [-0.2, 0) is 0 Å². The van der Waals surface area contributed by atoms with Crippen molar-refractivity contribution in [3.63, 3.8) is 0 Å². The van der Waals surface area contributed by atoms with E-state index in [1.54, 1.807) is 0 Å². The van der Waals surface area contributed by atoms with Crippen LogP contribution in [0, 0.1) is 0 Å². The van der Waals surface area contributed by atoms with E-state index < -0.39 is 0 Å². The van der Waals surface area contributed by atoms with Crippen molar-refractivity contribution in [2.75, 3.05) is 33.9 Å². The maximum atomic E-state index is 6.34. The van der Waals surface area contributed by atoms with Crippen LogP contribution in [0.25, 0.3) is 0 Å². The molecule has 1 aromatic carbocycles. The Bertz CT molecular complexity index is 353. The molecule has 0 bridgehead atoms. The highest BCUT2D eigenvalue weighted by Crippen LogP contribution is 2.38. The minimum atomic E-state index is 0.753. The van der Waals surface area contributed by atoms with Gasteiger partial charge in [-0.05, 0) is 40.1 Å². The van der Waals surface area contributed by atoms with Crippen LogP contribution >= 0.6 is 23.2 Å². The van der Waals surface area contributed by atoms with Gasteiger partial charge >= 0.3 is 0 Å². The zero-order chi connectivity index (χ0) is 13.1. The molecule has 0 heterocycles. The van der Waals surface area contributed by atoms with Gasteiger partial charge in [-0.15, -0.1) is 0 Å². The Hall–Kier alpha value is -0.280. The lowest BCUT2D eigenvalue weighted by molar-refractivity contribution is 0.193. The third-order valence-electron chi connectivity index (χ3n) is 3.18. The molecule has 4 heteroatoms. The second kappa shape index (κ2) is 6.05.